The number of benzene rings is 2. The highest BCUT2D eigenvalue weighted by molar-refractivity contribution is 6.17. The first-order chi connectivity index (χ1) is 12.8. The van der Waals surface area contributed by atoms with Gasteiger partial charge in [-0.15, -0.1) is 0 Å². The number of carbonyl (C=O) groups excluding carboxylic acids is 2. The third kappa shape index (κ3) is 3.85. The molecule has 0 spiro atoms. The van der Waals surface area contributed by atoms with E-state index in [0.29, 0.717) is 11.3 Å². The molecule has 0 saturated heterocycles. The first kappa shape index (κ1) is 18.7. The second-order valence-corrected chi connectivity index (χ2v) is 5.82. The van der Waals surface area contributed by atoms with Gasteiger partial charge in [-0.05, 0) is 29.3 Å². The Bertz CT molecular complexity index is 905. The third-order valence-electron chi connectivity index (χ3n) is 4.04. The molecule has 0 aliphatic carbocycles. The smallest absolute Gasteiger partial charge is 0.395 e. The molecule has 0 unspecified atom stereocenters. The Hall–Kier alpha value is -3.13. The number of aliphatic hydroxyl groups excluding tert-OH is 1. The van der Waals surface area contributed by atoms with Crippen LogP contribution < -0.4 is 5.32 Å². The monoisotopic (exact) mass is 376 g/mol. The fraction of sp³-hybridized carbons (Fsp3) is 0.158. The van der Waals surface area contributed by atoms with E-state index < -0.39 is 23.6 Å². The van der Waals surface area contributed by atoms with Crippen molar-refractivity contribution in [1.29, 1.82) is 0 Å². The average Bonchev–Trinajstić information content (AvgIpc) is 2.89. The summed E-state index contributed by atoms with van der Waals surface area (Å²) >= 11 is 0. The molecule has 0 aromatic heterocycles. The summed E-state index contributed by atoms with van der Waals surface area (Å²) in [7, 11) is 0. The van der Waals surface area contributed by atoms with E-state index in [1.165, 1.54) is 42.5 Å². The summed E-state index contributed by atoms with van der Waals surface area (Å²) in [6, 6.07) is 11.3. The predicted octanol–water partition coefficient (Wildman–Crippen LogP) is 3.03. The van der Waals surface area contributed by atoms with Gasteiger partial charge in [-0.1, -0.05) is 30.3 Å². The van der Waals surface area contributed by atoms with Crippen LogP contribution in [0, 0.1) is 0 Å². The van der Waals surface area contributed by atoms with E-state index in [2.05, 4.69) is 5.32 Å². The van der Waals surface area contributed by atoms with Crippen LogP contribution in [0.4, 0.5) is 18.9 Å². The molecule has 0 radical (unpaired) electrons. The van der Waals surface area contributed by atoms with Crippen molar-refractivity contribution < 1.29 is 27.9 Å². The molecule has 2 aromatic rings. The lowest BCUT2D eigenvalue weighted by atomic mass is 9.99. The molecule has 0 saturated carbocycles. The number of carbonyl (C=O) groups is 2. The zero-order chi connectivity index (χ0) is 19.6. The van der Waals surface area contributed by atoms with Crippen LogP contribution in [-0.4, -0.2) is 35.0 Å². The summed E-state index contributed by atoms with van der Waals surface area (Å²) in [6.45, 7) is -0.446. The number of nitrogens with zero attached hydrogens (tertiary/aromatic N) is 1. The summed E-state index contributed by atoms with van der Waals surface area (Å²) in [5.74, 6) is -1.10. The van der Waals surface area contributed by atoms with Crippen molar-refractivity contribution >= 4 is 17.5 Å². The van der Waals surface area contributed by atoms with Crippen LogP contribution in [0.1, 0.15) is 5.56 Å². The van der Waals surface area contributed by atoms with Gasteiger partial charge in [0.2, 0.25) is 0 Å². The first-order valence-corrected chi connectivity index (χ1v) is 8.03. The van der Waals surface area contributed by atoms with Crippen molar-refractivity contribution in [2.75, 3.05) is 18.5 Å². The summed E-state index contributed by atoms with van der Waals surface area (Å²) < 4.78 is 39.5. The lowest BCUT2D eigenvalue weighted by Crippen LogP contribution is -2.34. The van der Waals surface area contributed by atoms with E-state index in [1.807, 2.05) is 0 Å². The van der Waals surface area contributed by atoms with Crippen LogP contribution in [0.5, 0.6) is 0 Å². The third-order valence-corrected chi connectivity index (χ3v) is 4.04. The molecule has 5 nitrogen and oxygen atoms in total. The van der Waals surface area contributed by atoms with Crippen LogP contribution in [0.25, 0.3) is 11.1 Å². The van der Waals surface area contributed by atoms with E-state index in [1.54, 1.807) is 0 Å². The molecule has 0 atom stereocenters. The van der Waals surface area contributed by atoms with Crippen molar-refractivity contribution in [3.63, 3.8) is 0 Å². The molecule has 1 aliphatic heterocycles. The molecule has 0 bridgehead atoms. The standard InChI is InChI=1S/C19H15F3N2O3/c20-19(21,22)15-4-2-1-3-14(15)12-5-7-13(8-6-12)23-16-11-17(26)24(9-10-25)18(16)27/h1-8,11,23,25H,9-10H2. The van der Waals surface area contributed by atoms with Gasteiger partial charge in [-0.25, -0.2) is 0 Å². The number of aliphatic hydroxyl groups is 1. The number of β-amino-alcohol motifs (C(OH)–C–C–N with tert-alkyl or cyclic N) is 1. The van der Waals surface area contributed by atoms with Crippen LogP contribution in [0.3, 0.4) is 0 Å². The Morgan fingerprint density at radius 3 is 2.30 bits per heavy atom. The Morgan fingerprint density at radius 2 is 1.67 bits per heavy atom. The molecule has 27 heavy (non-hydrogen) atoms. The topological polar surface area (TPSA) is 69.6 Å². The Labute approximate surface area is 152 Å². The number of anilines is 1. The molecule has 1 aliphatic rings. The molecular formula is C19H15F3N2O3. The highest BCUT2D eigenvalue weighted by Crippen LogP contribution is 2.37. The van der Waals surface area contributed by atoms with Gasteiger partial charge in [-0.3, -0.25) is 14.5 Å². The van der Waals surface area contributed by atoms with Gasteiger partial charge < -0.3 is 10.4 Å². The Morgan fingerprint density at radius 1 is 1.00 bits per heavy atom. The largest absolute Gasteiger partial charge is 0.417 e. The molecular weight excluding hydrogens is 361 g/mol. The highest BCUT2D eigenvalue weighted by atomic mass is 19.4. The zero-order valence-electron chi connectivity index (χ0n) is 14.0. The van der Waals surface area contributed by atoms with Crippen molar-refractivity contribution in [2.45, 2.75) is 6.18 Å². The summed E-state index contributed by atoms with van der Waals surface area (Å²) in [6.07, 6.45) is -3.35. The number of rotatable bonds is 5. The zero-order valence-corrected chi connectivity index (χ0v) is 14.0. The van der Waals surface area contributed by atoms with Crippen molar-refractivity contribution in [3.8, 4) is 11.1 Å². The van der Waals surface area contributed by atoms with Gasteiger partial charge in [0.1, 0.15) is 5.70 Å². The van der Waals surface area contributed by atoms with Crippen LogP contribution in [0.2, 0.25) is 0 Å². The number of amides is 2. The quantitative estimate of drug-likeness (QED) is 0.787. The summed E-state index contributed by atoms with van der Waals surface area (Å²) in [5, 5.41) is 11.7. The molecule has 8 heteroatoms. The summed E-state index contributed by atoms with van der Waals surface area (Å²) in [4.78, 5) is 24.7. The average molecular weight is 376 g/mol. The number of hydrogen-bond acceptors (Lipinski definition) is 4. The van der Waals surface area contributed by atoms with Gasteiger partial charge in [0.25, 0.3) is 11.8 Å². The van der Waals surface area contributed by atoms with Crippen LogP contribution >= 0.6 is 0 Å². The van der Waals surface area contributed by atoms with E-state index in [-0.39, 0.29) is 24.4 Å². The Kier molecular flexibility index (Phi) is 5.00. The van der Waals surface area contributed by atoms with Crippen molar-refractivity contribution in [3.05, 3.63) is 65.9 Å². The molecule has 2 amide bonds. The van der Waals surface area contributed by atoms with Crippen molar-refractivity contribution in [1.82, 2.24) is 4.90 Å². The minimum absolute atomic E-state index is 0.0388. The lowest BCUT2D eigenvalue weighted by molar-refractivity contribution is -0.138. The second-order valence-electron chi connectivity index (χ2n) is 5.82. The number of nitrogens with one attached hydrogen (secondary N) is 1. The van der Waals surface area contributed by atoms with Crippen LogP contribution in [-0.2, 0) is 15.8 Å². The fourth-order valence-electron chi connectivity index (χ4n) is 2.78. The molecule has 140 valence electrons. The highest BCUT2D eigenvalue weighted by Gasteiger charge is 2.33. The normalized spacial score (nSPS) is 14.5. The molecule has 1 heterocycles. The van der Waals surface area contributed by atoms with Gasteiger partial charge in [0.05, 0.1) is 18.7 Å². The predicted molar refractivity (Wildman–Crippen MR) is 92.4 cm³/mol. The first-order valence-electron chi connectivity index (χ1n) is 8.03. The molecule has 3 rings (SSSR count). The number of imide groups is 1. The van der Waals surface area contributed by atoms with Gasteiger partial charge in [0.15, 0.2) is 0 Å². The van der Waals surface area contributed by atoms with Crippen molar-refractivity contribution in [2.24, 2.45) is 0 Å². The number of hydrogen-bond donors (Lipinski definition) is 2. The number of alkyl halides is 3. The lowest BCUT2D eigenvalue weighted by Gasteiger charge is -2.14. The molecule has 0 fully saturated rings. The van der Waals surface area contributed by atoms with E-state index in [4.69, 9.17) is 5.11 Å². The van der Waals surface area contributed by atoms with E-state index in [0.717, 1.165) is 17.0 Å². The molecule has 2 N–H and O–H groups in total. The Balaban J connectivity index is 1.81. The minimum Gasteiger partial charge on any atom is -0.395 e. The fourth-order valence-corrected chi connectivity index (χ4v) is 2.78. The second kappa shape index (κ2) is 7.24. The maximum Gasteiger partial charge on any atom is 0.417 e. The van der Waals surface area contributed by atoms with Crippen LogP contribution in [0.15, 0.2) is 60.3 Å². The van der Waals surface area contributed by atoms with E-state index >= 15 is 0 Å². The SMILES string of the molecule is O=C1C=C(Nc2ccc(-c3ccccc3C(F)(F)F)cc2)C(=O)N1CCO. The summed E-state index contributed by atoms with van der Waals surface area (Å²) in [5.41, 5.74) is 0.179. The van der Waals surface area contributed by atoms with Gasteiger partial charge in [-0.2, -0.15) is 13.2 Å². The molecule has 2 aromatic carbocycles. The van der Waals surface area contributed by atoms with E-state index in [9.17, 15) is 22.8 Å². The van der Waals surface area contributed by atoms with Gasteiger partial charge in [0, 0.05) is 11.8 Å². The van der Waals surface area contributed by atoms with Gasteiger partial charge >= 0.3 is 6.18 Å². The maximum absolute atomic E-state index is 13.2. The number of halogens is 3. The minimum atomic E-state index is -4.47. The maximum atomic E-state index is 13.2.